The molecule has 3 heterocycles. The van der Waals surface area contributed by atoms with Crippen LogP contribution >= 0.6 is 0 Å². The van der Waals surface area contributed by atoms with Crippen molar-refractivity contribution in [1.29, 1.82) is 0 Å². The van der Waals surface area contributed by atoms with Crippen molar-refractivity contribution in [3.8, 4) is 5.75 Å². The first kappa shape index (κ1) is 20.2. The number of carbonyl (C=O) groups excluding carboxylic acids is 1. The molecular weight excluding hydrogens is 404 g/mol. The quantitative estimate of drug-likeness (QED) is 0.501. The molecule has 0 aliphatic carbocycles. The normalized spacial score (nSPS) is 14.3. The number of hydrogen-bond donors (Lipinski definition) is 0. The van der Waals surface area contributed by atoms with Gasteiger partial charge in [0.05, 0.1) is 18.4 Å². The van der Waals surface area contributed by atoms with Crippen molar-refractivity contribution >= 4 is 33.4 Å². The van der Waals surface area contributed by atoms with Crippen molar-refractivity contribution in [3.05, 3.63) is 70.6 Å². The molecule has 0 unspecified atom stereocenters. The molecule has 2 aromatic heterocycles. The molecule has 1 fully saturated rings. The number of ether oxygens (including phenoxy) is 1. The van der Waals surface area contributed by atoms with E-state index in [1.165, 1.54) is 4.57 Å². The van der Waals surface area contributed by atoms with Gasteiger partial charge in [-0.2, -0.15) is 0 Å². The van der Waals surface area contributed by atoms with Crippen LogP contribution in [0, 0.1) is 0 Å². The molecule has 1 saturated heterocycles. The first-order chi connectivity index (χ1) is 15.5. The second kappa shape index (κ2) is 7.75. The van der Waals surface area contributed by atoms with Gasteiger partial charge in [-0.15, -0.1) is 0 Å². The van der Waals surface area contributed by atoms with Crippen molar-refractivity contribution < 1.29 is 9.53 Å². The number of aromatic nitrogens is 2. The third kappa shape index (κ3) is 3.04. The fourth-order valence-electron chi connectivity index (χ4n) is 4.77. The van der Waals surface area contributed by atoms with Crippen LogP contribution < -0.4 is 15.2 Å². The molecule has 0 bridgehead atoms. The molecule has 1 aliphatic heterocycles. The van der Waals surface area contributed by atoms with Gasteiger partial charge in [0.2, 0.25) is 0 Å². The third-order valence-corrected chi connectivity index (χ3v) is 6.45. The van der Waals surface area contributed by atoms with Gasteiger partial charge < -0.3 is 23.7 Å². The number of rotatable bonds is 3. The Bertz CT molecular complexity index is 1390. The summed E-state index contributed by atoms with van der Waals surface area (Å²) < 4.78 is 8.91. The minimum absolute atomic E-state index is 0.0402. The lowest BCUT2D eigenvalue weighted by molar-refractivity contribution is 0.0748. The molecule has 0 spiro atoms. The van der Waals surface area contributed by atoms with E-state index in [2.05, 4.69) is 4.90 Å². The third-order valence-electron chi connectivity index (χ3n) is 6.45. The summed E-state index contributed by atoms with van der Waals surface area (Å²) in [6.45, 7) is 2.64. The number of fused-ring (bicyclic) bond motifs is 3. The van der Waals surface area contributed by atoms with Crippen molar-refractivity contribution in [2.75, 3.05) is 38.2 Å². The zero-order valence-corrected chi connectivity index (χ0v) is 18.5. The van der Waals surface area contributed by atoms with Gasteiger partial charge in [0.1, 0.15) is 11.3 Å². The molecule has 7 nitrogen and oxygen atoms in total. The largest absolute Gasteiger partial charge is 0.495 e. The van der Waals surface area contributed by atoms with Crippen LogP contribution in [0.5, 0.6) is 5.75 Å². The standard InChI is InChI=1S/C25H26N4O3/c1-26-16-18(22-17-8-4-5-9-19(17)27(2)23(22)25(26)31)24(30)29-14-12-28(13-15-29)20-10-6-7-11-21(20)32-3/h4-11,16H,12-15H2,1-3H3. The predicted molar refractivity (Wildman–Crippen MR) is 127 cm³/mol. The van der Waals surface area contributed by atoms with E-state index < -0.39 is 0 Å². The summed E-state index contributed by atoms with van der Waals surface area (Å²) in [5.74, 6) is 0.796. The first-order valence-electron chi connectivity index (χ1n) is 10.7. The van der Waals surface area contributed by atoms with Crippen LogP contribution in [0.2, 0.25) is 0 Å². The molecule has 7 heteroatoms. The number of aryl methyl sites for hydroxylation is 2. The van der Waals surface area contributed by atoms with Crippen LogP contribution in [-0.2, 0) is 14.1 Å². The SMILES string of the molecule is COc1ccccc1N1CCN(C(=O)c2cn(C)c(=O)c3c2c2ccccc2n3C)CC1. The molecule has 0 radical (unpaired) electrons. The Hall–Kier alpha value is -3.74. The smallest absolute Gasteiger partial charge is 0.274 e. The summed E-state index contributed by atoms with van der Waals surface area (Å²) in [5.41, 5.74) is 3.02. The average Bonchev–Trinajstić information content (AvgIpc) is 3.14. The second-order valence-corrected chi connectivity index (χ2v) is 8.21. The number of hydrogen-bond acceptors (Lipinski definition) is 4. The number of amides is 1. The van der Waals surface area contributed by atoms with E-state index >= 15 is 0 Å². The van der Waals surface area contributed by atoms with Gasteiger partial charge >= 0.3 is 0 Å². The Labute approximate surface area is 186 Å². The number of nitrogens with zero attached hydrogens (tertiary/aromatic N) is 4. The van der Waals surface area contributed by atoms with E-state index in [9.17, 15) is 9.59 Å². The van der Waals surface area contributed by atoms with Gasteiger partial charge in [0.25, 0.3) is 11.5 Å². The lowest BCUT2D eigenvalue weighted by Gasteiger charge is -2.36. The highest BCUT2D eigenvalue weighted by Crippen LogP contribution is 2.31. The van der Waals surface area contributed by atoms with Crippen LogP contribution in [0.4, 0.5) is 5.69 Å². The maximum atomic E-state index is 13.7. The molecule has 0 N–H and O–H groups in total. The average molecular weight is 431 g/mol. The summed E-state index contributed by atoms with van der Waals surface area (Å²) in [6, 6.07) is 15.8. The fourth-order valence-corrected chi connectivity index (χ4v) is 4.77. The number of pyridine rings is 1. The monoisotopic (exact) mass is 430 g/mol. The predicted octanol–water partition coefficient (Wildman–Crippen LogP) is 3.00. The van der Waals surface area contributed by atoms with E-state index in [0.717, 1.165) is 40.8 Å². The van der Waals surface area contributed by atoms with Crippen LogP contribution in [-0.4, -0.2) is 53.2 Å². The van der Waals surface area contributed by atoms with Gasteiger partial charge in [-0.25, -0.2) is 0 Å². The van der Waals surface area contributed by atoms with Crippen molar-refractivity contribution in [2.45, 2.75) is 0 Å². The molecule has 164 valence electrons. The first-order valence-corrected chi connectivity index (χ1v) is 10.7. The maximum absolute atomic E-state index is 13.7. The number of carbonyl (C=O) groups is 1. The van der Waals surface area contributed by atoms with Gasteiger partial charge in [-0.1, -0.05) is 30.3 Å². The number of benzene rings is 2. The maximum Gasteiger partial charge on any atom is 0.274 e. The van der Waals surface area contributed by atoms with E-state index in [4.69, 9.17) is 4.74 Å². The van der Waals surface area contributed by atoms with E-state index in [0.29, 0.717) is 24.2 Å². The number of methoxy groups -OCH3 is 1. The van der Waals surface area contributed by atoms with E-state index in [1.54, 1.807) is 20.4 Å². The van der Waals surface area contributed by atoms with Crippen molar-refractivity contribution in [2.24, 2.45) is 14.1 Å². The molecule has 1 amide bonds. The molecule has 32 heavy (non-hydrogen) atoms. The van der Waals surface area contributed by atoms with Gasteiger partial charge in [-0.05, 0) is 18.2 Å². The molecule has 2 aromatic carbocycles. The molecule has 5 rings (SSSR count). The summed E-state index contributed by atoms with van der Waals surface area (Å²) in [6.07, 6.45) is 1.69. The van der Waals surface area contributed by atoms with Crippen molar-refractivity contribution in [1.82, 2.24) is 14.0 Å². The highest BCUT2D eigenvalue weighted by Gasteiger charge is 2.27. The van der Waals surface area contributed by atoms with E-state index in [-0.39, 0.29) is 11.5 Å². The number of anilines is 1. The second-order valence-electron chi connectivity index (χ2n) is 8.21. The van der Waals surface area contributed by atoms with E-state index in [1.807, 2.05) is 65.0 Å². The van der Waals surface area contributed by atoms with Gasteiger partial charge in [-0.3, -0.25) is 9.59 Å². The Balaban J connectivity index is 1.51. The minimum Gasteiger partial charge on any atom is -0.495 e. The van der Waals surface area contributed by atoms with Gasteiger partial charge in [0, 0.05) is 62.8 Å². The molecule has 0 atom stereocenters. The summed E-state index contributed by atoms with van der Waals surface area (Å²) in [5, 5.41) is 1.67. The zero-order chi connectivity index (χ0) is 22.4. The Morgan fingerprint density at radius 2 is 1.62 bits per heavy atom. The lowest BCUT2D eigenvalue weighted by atomic mass is 10.1. The van der Waals surface area contributed by atoms with Crippen LogP contribution in [0.25, 0.3) is 21.8 Å². The molecule has 0 saturated carbocycles. The minimum atomic E-state index is -0.101. The van der Waals surface area contributed by atoms with Crippen LogP contribution in [0.1, 0.15) is 10.4 Å². The Morgan fingerprint density at radius 3 is 2.38 bits per heavy atom. The topological polar surface area (TPSA) is 59.7 Å². The molecule has 4 aromatic rings. The Morgan fingerprint density at radius 1 is 0.938 bits per heavy atom. The summed E-state index contributed by atoms with van der Waals surface area (Å²) in [7, 11) is 5.26. The summed E-state index contributed by atoms with van der Waals surface area (Å²) >= 11 is 0. The number of para-hydroxylation sites is 3. The highest BCUT2D eigenvalue weighted by atomic mass is 16.5. The fraction of sp³-hybridized carbons (Fsp3) is 0.280. The Kier molecular flexibility index (Phi) is 4.89. The van der Waals surface area contributed by atoms with Crippen LogP contribution in [0.3, 0.4) is 0 Å². The molecule has 1 aliphatic rings. The number of piperazine rings is 1. The van der Waals surface area contributed by atoms with Gasteiger partial charge in [0.15, 0.2) is 0 Å². The molecular formula is C25H26N4O3. The zero-order valence-electron chi connectivity index (χ0n) is 18.5. The van der Waals surface area contributed by atoms with Crippen LogP contribution in [0.15, 0.2) is 59.5 Å². The highest BCUT2D eigenvalue weighted by molar-refractivity contribution is 6.17. The summed E-state index contributed by atoms with van der Waals surface area (Å²) in [4.78, 5) is 30.7. The van der Waals surface area contributed by atoms with Crippen molar-refractivity contribution in [3.63, 3.8) is 0 Å². The lowest BCUT2D eigenvalue weighted by Crippen LogP contribution is -2.49.